The Morgan fingerprint density at radius 2 is 1.96 bits per heavy atom. The number of aromatic amines is 1. The second-order valence-corrected chi connectivity index (χ2v) is 5.34. The number of nitrogens with one attached hydrogen (secondary N) is 2. The van der Waals surface area contributed by atoms with Crippen molar-refractivity contribution < 1.29 is 19.1 Å². The topological polar surface area (TPSA) is 80.4 Å². The van der Waals surface area contributed by atoms with Crippen LogP contribution in [-0.2, 0) is 11.3 Å². The number of hydrogen-bond donors (Lipinski definition) is 2. The average molecular weight is 357 g/mol. The highest BCUT2D eigenvalue weighted by Crippen LogP contribution is 2.22. The van der Waals surface area contributed by atoms with Gasteiger partial charge in [0, 0.05) is 6.54 Å². The van der Waals surface area contributed by atoms with Gasteiger partial charge in [-0.3, -0.25) is 4.79 Å². The van der Waals surface area contributed by atoms with Gasteiger partial charge in [-0.1, -0.05) is 29.3 Å². The van der Waals surface area contributed by atoms with Gasteiger partial charge in [0.15, 0.2) is 0 Å². The molecular weight excluding hydrogens is 343 g/mol. The van der Waals surface area contributed by atoms with Crippen molar-refractivity contribution in [2.45, 2.75) is 6.54 Å². The number of esters is 1. The number of aromatic nitrogens is 1. The van der Waals surface area contributed by atoms with Crippen LogP contribution in [0.25, 0.3) is 0 Å². The first-order valence-corrected chi connectivity index (χ1v) is 7.29. The second-order valence-electron chi connectivity index (χ2n) is 4.55. The lowest BCUT2D eigenvalue weighted by molar-refractivity contribution is 0.0597. The van der Waals surface area contributed by atoms with Crippen LogP contribution in [0, 0.1) is 0 Å². The van der Waals surface area contributed by atoms with Gasteiger partial charge in [0.25, 0.3) is 5.91 Å². The van der Waals surface area contributed by atoms with Crippen molar-refractivity contribution in [3.8, 4) is 5.75 Å². The number of carbonyl (C=O) groups is 2. The molecule has 1 heterocycles. The average Bonchev–Trinajstić information content (AvgIpc) is 2.90. The van der Waals surface area contributed by atoms with E-state index in [-0.39, 0.29) is 33.9 Å². The summed E-state index contributed by atoms with van der Waals surface area (Å²) in [5.41, 5.74) is 1.25. The molecule has 1 aromatic heterocycles. The Kier molecular flexibility index (Phi) is 5.52. The molecule has 0 fully saturated rings. The first-order valence-electron chi connectivity index (χ1n) is 6.53. The van der Waals surface area contributed by atoms with Crippen LogP contribution >= 0.6 is 23.2 Å². The molecule has 1 aromatic carbocycles. The van der Waals surface area contributed by atoms with E-state index in [1.54, 1.807) is 18.2 Å². The first kappa shape index (κ1) is 17.2. The minimum Gasteiger partial charge on any atom is -0.496 e. The fraction of sp³-hybridized carbons (Fsp3) is 0.200. The summed E-state index contributed by atoms with van der Waals surface area (Å²) in [5, 5.41) is 3.17. The number of H-pyrrole nitrogens is 1. The third-order valence-corrected chi connectivity index (χ3v) is 3.78. The number of hydrogen-bond acceptors (Lipinski definition) is 4. The summed E-state index contributed by atoms with van der Waals surface area (Å²) in [6.45, 7) is 0.209. The van der Waals surface area contributed by atoms with E-state index in [0.29, 0.717) is 11.3 Å². The molecule has 6 nitrogen and oxygen atoms in total. The SMILES string of the molecule is COC(=O)c1cc(CNC(=O)c2cc(Cl)c(Cl)[nH]2)ccc1OC. The fourth-order valence-electron chi connectivity index (χ4n) is 1.94. The molecule has 0 spiro atoms. The smallest absolute Gasteiger partial charge is 0.341 e. The summed E-state index contributed by atoms with van der Waals surface area (Å²) in [6, 6.07) is 6.41. The molecular formula is C15H14Cl2N2O4. The van der Waals surface area contributed by atoms with Crippen LogP contribution in [0.5, 0.6) is 5.75 Å². The minimum atomic E-state index is -0.516. The molecule has 0 bridgehead atoms. The lowest BCUT2D eigenvalue weighted by Crippen LogP contribution is -2.23. The summed E-state index contributed by atoms with van der Waals surface area (Å²) in [5.74, 6) is -0.484. The normalized spacial score (nSPS) is 10.3. The molecule has 0 aliphatic rings. The van der Waals surface area contributed by atoms with Gasteiger partial charge in [-0.05, 0) is 23.8 Å². The van der Waals surface area contributed by atoms with Gasteiger partial charge in [0.2, 0.25) is 0 Å². The lowest BCUT2D eigenvalue weighted by atomic mass is 10.1. The molecule has 1 amide bonds. The van der Waals surface area contributed by atoms with Gasteiger partial charge in [0.1, 0.15) is 22.2 Å². The Morgan fingerprint density at radius 3 is 2.52 bits per heavy atom. The molecule has 0 unspecified atom stereocenters. The van der Waals surface area contributed by atoms with Gasteiger partial charge in [-0.2, -0.15) is 0 Å². The van der Waals surface area contributed by atoms with Gasteiger partial charge in [-0.15, -0.1) is 0 Å². The lowest BCUT2D eigenvalue weighted by Gasteiger charge is -2.10. The zero-order chi connectivity index (χ0) is 17.0. The van der Waals surface area contributed by atoms with Gasteiger partial charge in [-0.25, -0.2) is 4.79 Å². The van der Waals surface area contributed by atoms with Gasteiger partial charge >= 0.3 is 5.97 Å². The zero-order valence-corrected chi connectivity index (χ0v) is 13.9. The quantitative estimate of drug-likeness (QED) is 0.806. The second kappa shape index (κ2) is 7.39. The molecule has 23 heavy (non-hydrogen) atoms. The van der Waals surface area contributed by atoms with E-state index in [1.807, 2.05) is 0 Å². The number of ether oxygens (including phenoxy) is 2. The Labute approximate surface area is 142 Å². The van der Waals surface area contributed by atoms with Crippen LogP contribution in [0.4, 0.5) is 0 Å². The highest BCUT2D eigenvalue weighted by Gasteiger charge is 2.15. The predicted molar refractivity (Wildman–Crippen MR) is 86.3 cm³/mol. The number of carbonyl (C=O) groups excluding carboxylic acids is 2. The highest BCUT2D eigenvalue weighted by molar-refractivity contribution is 6.41. The monoisotopic (exact) mass is 356 g/mol. The Bertz CT molecular complexity index is 724. The van der Waals surface area contributed by atoms with Crippen LogP contribution < -0.4 is 10.1 Å². The van der Waals surface area contributed by atoms with Crippen molar-refractivity contribution in [3.63, 3.8) is 0 Å². The van der Waals surface area contributed by atoms with Crippen LogP contribution in [0.3, 0.4) is 0 Å². The van der Waals surface area contributed by atoms with E-state index in [1.165, 1.54) is 20.3 Å². The maximum atomic E-state index is 12.0. The maximum absolute atomic E-state index is 12.0. The Hall–Kier alpha value is -2.18. The number of rotatable bonds is 5. The zero-order valence-electron chi connectivity index (χ0n) is 12.4. The molecule has 8 heteroatoms. The Balaban J connectivity index is 2.11. The minimum absolute atomic E-state index is 0.203. The van der Waals surface area contributed by atoms with Gasteiger partial charge in [0.05, 0.1) is 19.2 Å². The summed E-state index contributed by atoms with van der Waals surface area (Å²) >= 11 is 11.5. The van der Waals surface area contributed by atoms with E-state index < -0.39 is 5.97 Å². The van der Waals surface area contributed by atoms with Crippen LogP contribution in [0.2, 0.25) is 10.2 Å². The van der Waals surface area contributed by atoms with Crippen molar-refractivity contribution in [2.24, 2.45) is 0 Å². The van der Waals surface area contributed by atoms with Crippen molar-refractivity contribution in [1.82, 2.24) is 10.3 Å². The fourth-order valence-corrected chi connectivity index (χ4v) is 2.25. The molecule has 0 saturated heterocycles. The summed E-state index contributed by atoms with van der Waals surface area (Å²) in [6.07, 6.45) is 0. The first-order chi connectivity index (χ1) is 11.0. The molecule has 0 saturated carbocycles. The summed E-state index contributed by atoms with van der Waals surface area (Å²) in [7, 11) is 2.75. The molecule has 0 aliphatic carbocycles. The van der Waals surface area contributed by atoms with Crippen LogP contribution in [-0.4, -0.2) is 31.1 Å². The van der Waals surface area contributed by atoms with Gasteiger partial charge < -0.3 is 19.8 Å². The van der Waals surface area contributed by atoms with E-state index in [9.17, 15) is 9.59 Å². The molecule has 2 aromatic rings. The molecule has 2 rings (SSSR count). The van der Waals surface area contributed by atoms with E-state index in [4.69, 9.17) is 32.7 Å². The molecule has 0 radical (unpaired) electrons. The molecule has 0 atom stereocenters. The third kappa shape index (κ3) is 3.97. The van der Waals surface area contributed by atoms with E-state index in [2.05, 4.69) is 10.3 Å². The Morgan fingerprint density at radius 1 is 1.22 bits per heavy atom. The largest absolute Gasteiger partial charge is 0.496 e. The number of benzene rings is 1. The standard InChI is InChI=1S/C15H14Cl2N2O4/c1-22-12-4-3-8(5-9(12)15(21)23-2)7-18-14(20)11-6-10(16)13(17)19-11/h3-6,19H,7H2,1-2H3,(H,18,20). The van der Waals surface area contributed by atoms with Crippen molar-refractivity contribution >= 4 is 35.1 Å². The molecule has 0 aliphatic heterocycles. The maximum Gasteiger partial charge on any atom is 0.341 e. The van der Waals surface area contributed by atoms with Crippen molar-refractivity contribution in [2.75, 3.05) is 14.2 Å². The van der Waals surface area contributed by atoms with Crippen LogP contribution in [0.1, 0.15) is 26.4 Å². The predicted octanol–water partition coefficient (Wildman–Crippen LogP) is 3.05. The van der Waals surface area contributed by atoms with E-state index in [0.717, 1.165) is 0 Å². The number of amides is 1. The summed E-state index contributed by atoms with van der Waals surface area (Å²) in [4.78, 5) is 26.4. The summed E-state index contributed by atoms with van der Waals surface area (Å²) < 4.78 is 9.82. The molecule has 2 N–H and O–H groups in total. The highest BCUT2D eigenvalue weighted by atomic mass is 35.5. The van der Waals surface area contributed by atoms with Crippen molar-refractivity contribution in [3.05, 3.63) is 51.3 Å². The third-order valence-electron chi connectivity index (χ3n) is 3.09. The van der Waals surface area contributed by atoms with E-state index >= 15 is 0 Å². The molecule has 122 valence electrons. The number of halogens is 2. The number of methoxy groups -OCH3 is 2. The van der Waals surface area contributed by atoms with Crippen LogP contribution in [0.15, 0.2) is 24.3 Å². The van der Waals surface area contributed by atoms with Crippen molar-refractivity contribution in [1.29, 1.82) is 0 Å².